The van der Waals surface area contributed by atoms with Crippen molar-refractivity contribution < 1.29 is 14.3 Å². The summed E-state index contributed by atoms with van der Waals surface area (Å²) in [5.41, 5.74) is 0.416. The number of hydrogen-bond acceptors (Lipinski definition) is 4. The van der Waals surface area contributed by atoms with Crippen molar-refractivity contribution in [1.29, 1.82) is 0 Å². The predicted molar refractivity (Wildman–Crippen MR) is 95.9 cm³/mol. The van der Waals surface area contributed by atoms with Crippen LogP contribution in [0.15, 0.2) is 24.5 Å². The summed E-state index contributed by atoms with van der Waals surface area (Å²) in [5.74, 6) is -0.0167. The number of likely N-dealkylation sites (tertiary alicyclic amines) is 1. The number of rotatable bonds is 4. The van der Waals surface area contributed by atoms with E-state index in [1.165, 1.54) is 0 Å². The Balaban J connectivity index is 2.11. The van der Waals surface area contributed by atoms with Gasteiger partial charge in [-0.1, -0.05) is 6.07 Å². The summed E-state index contributed by atoms with van der Waals surface area (Å²) >= 11 is 0. The molecule has 2 amide bonds. The number of ether oxygens (including phenoxy) is 1. The molecule has 0 radical (unpaired) electrons. The number of piperidine rings is 1. The fourth-order valence-corrected chi connectivity index (χ4v) is 3.00. The fourth-order valence-electron chi connectivity index (χ4n) is 3.00. The highest BCUT2D eigenvalue weighted by atomic mass is 16.6. The Labute approximate surface area is 150 Å². The van der Waals surface area contributed by atoms with Gasteiger partial charge in [-0.25, -0.2) is 4.79 Å². The van der Waals surface area contributed by atoms with Crippen LogP contribution in [0.3, 0.4) is 0 Å². The highest BCUT2D eigenvalue weighted by molar-refractivity contribution is 5.86. The molecule has 1 aromatic rings. The van der Waals surface area contributed by atoms with Gasteiger partial charge >= 0.3 is 6.09 Å². The van der Waals surface area contributed by atoms with Crippen LogP contribution >= 0.6 is 0 Å². The molecule has 0 saturated carbocycles. The molecule has 25 heavy (non-hydrogen) atoms. The minimum atomic E-state index is -0.567. The third kappa shape index (κ3) is 5.44. The van der Waals surface area contributed by atoms with Crippen LogP contribution < -0.4 is 0 Å². The zero-order valence-electron chi connectivity index (χ0n) is 15.7. The lowest BCUT2D eigenvalue weighted by Gasteiger charge is -2.38. The van der Waals surface area contributed by atoms with Gasteiger partial charge in [0.1, 0.15) is 11.6 Å². The molecule has 0 spiro atoms. The Morgan fingerprint density at radius 1 is 1.36 bits per heavy atom. The number of carbonyl (C=O) groups is 2. The highest BCUT2D eigenvalue weighted by Gasteiger charge is 2.36. The number of hydrogen-bond donors (Lipinski definition) is 0. The molecule has 0 bridgehead atoms. The molecule has 2 heterocycles. The van der Waals surface area contributed by atoms with E-state index >= 15 is 0 Å². The molecule has 2 rings (SSSR count). The van der Waals surface area contributed by atoms with E-state index in [9.17, 15) is 9.59 Å². The Hall–Kier alpha value is -2.11. The molecule has 1 aliphatic rings. The van der Waals surface area contributed by atoms with Gasteiger partial charge in [0.05, 0.1) is 0 Å². The van der Waals surface area contributed by atoms with Crippen molar-refractivity contribution in [2.24, 2.45) is 0 Å². The first kappa shape index (κ1) is 19.2. The molecule has 0 unspecified atom stereocenters. The Kier molecular flexibility index (Phi) is 6.39. The third-order valence-corrected chi connectivity index (χ3v) is 4.21. The van der Waals surface area contributed by atoms with Crippen LogP contribution in [0, 0.1) is 0 Å². The van der Waals surface area contributed by atoms with Gasteiger partial charge in [0.25, 0.3) is 0 Å². The van der Waals surface area contributed by atoms with E-state index < -0.39 is 17.7 Å². The monoisotopic (exact) mass is 347 g/mol. The lowest BCUT2D eigenvalue weighted by atomic mass is 10.0. The maximum absolute atomic E-state index is 13.1. The normalized spacial score (nSPS) is 17.9. The van der Waals surface area contributed by atoms with Crippen molar-refractivity contribution in [1.82, 2.24) is 14.8 Å². The van der Waals surface area contributed by atoms with E-state index in [1.807, 2.05) is 39.8 Å². The molecule has 0 N–H and O–H groups in total. The van der Waals surface area contributed by atoms with Crippen LogP contribution in [0.2, 0.25) is 0 Å². The van der Waals surface area contributed by atoms with Gasteiger partial charge in [-0.2, -0.15) is 0 Å². The van der Waals surface area contributed by atoms with Crippen LogP contribution in [-0.4, -0.2) is 51.5 Å². The van der Waals surface area contributed by atoms with Crippen molar-refractivity contribution in [3.05, 3.63) is 30.1 Å². The second-order valence-electron chi connectivity index (χ2n) is 7.40. The summed E-state index contributed by atoms with van der Waals surface area (Å²) in [7, 11) is 0. The first-order valence-corrected chi connectivity index (χ1v) is 8.99. The van der Waals surface area contributed by atoms with E-state index in [1.54, 1.807) is 22.2 Å². The van der Waals surface area contributed by atoms with Crippen molar-refractivity contribution in [3.8, 4) is 0 Å². The summed E-state index contributed by atoms with van der Waals surface area (Å²) < 4.78 is 5.50. The number of pyridine rings is 1. The molecule has 1 saturated heterocycles. The maximum atomic E-state index is 13.1. The second-order valence-corrected chi connectivity index (χ2v) is 7.40. The van der Waals surface area contributed by atoms with Gasteiger partial charge in [-0.3, -0.25) is 14.7 Å². The molecule has 6 heteroatoms. The van der Waals surface area contributed by atoms with Crippen LogP contribution in [0.4, 0.5) is 4.79 Å². The average Bonchev–Trinajstić information content (AvgIpc) is 2.58. The van der Waals surface area contributed by atoms with Gasteiger partial charge in [0, 0.05) is 32.0 Å². The van der Waals surface area contributed by atoms with Gasteiger partial charge in [-0.05, 0) is 58.6 Å². The zero-order valence-corrected chi connectivity index (χ0v) is 15.7. The first-order chi connectivity index (χ1) is 11.8. The quantitative estimate of drug-likeness (QED) is 0.839. The lowest BCUT2D eigenvalue weighted by molar-refractivity contribution is -0.138. The molecular formula is C19H29N3O3. The lowest BCUT2D eigenvalue weighted by Crippen LogP contribution is -2.53. The van der Waals surface area contributed by atoms with E-state index in [-0.39, 0.29) is 5.91 Å². The molecule has 138 valence electrons. The topological polar surface area (TPSA) is 62.7 Å². The Morgan fingerprint density at radius 3 is 2.72 bits per heavy atom. The summed E-state index contributed by atoms with van der Waals surface area (Å²) in [5, 5.41) is 0. The number of carbonyl (C=O) groups excluding carboxylic acids is 2. The predicted octanol–water partition coefficient (Wildman–Crippen LogP) is 3.22. The smallest absolute Gasteiger partial charge is 0.410 e. The second kappa shape index (κ2) is 8.32. The first-order valence-electron chi connectivity index (χ1n) is 8.99. The van der Waals surface area contributed by atoms with Gasteiger partial charge in [0.2, 0.25) is 5.91 Å². The molecule has 0 aliphatic carbocycles. The highest BCUT2D eigenvalue weighted by Crippen LogP contribution is 2.22. The van der Waals surface area contributed by atoms with E-state index in [2.05, 4.69) is 4.98 Å². The third-order valence-electron chi connectivity index (χ3n) is 4.21. The number of nitrogens with zero attached hydrogens (tertiary/aromatic N) is 3. The molecule has 1 fully saturated rings. The molecule has 1 aliphatic heterocycles. The minimum Gasteiger partial charge on any atom is -0.444 e. The summed E-state index contributed by atoms with van der Waals surface area (Å²) in [6.07, 6.45) is 5.61. The fraction of sp³-hybridized carbons (Fsp3) is 0.632. The van der Waals surface area contributed by atoms with Gasteiger partial charge in [-0.15, -0.1) is 0 Å². The van der Waals surface area contributed by atoms with E-state index in [4.69, 9.17) is 4.74 Å². The van der Waals surface area contributed by atoms with Crippen LogP contribution in [0.25, 0.3) is 0 Å². The minimum absolute atomic E-state index is 0.0167. The Morgan fingerprint density at radius 2 is 2.12 bits per heavy atom. The van der Waals surface area contributed by atoms with Crippen molar-refractivity contribution >= 4 is 12.0 Å². The van der Waals surface area contributed by atoms with Gasteiger partial charge < -0.3 is 9.64 Å². The van der Waals surface area contributed by atoms with Crippen molar-refractivity contribution in [3.63, 3.8) is 0 Å². The van der Waals surface area contributed by atoms with Crippen molar-refractivity contribution in [2.45, 2.75) is 65.1 Å². The molecule has 6 nitrogen and oxygen atoms in total. The van der Waals surface area contributed by atoms with E-state index in [0.29, 0.717) is 26.1 Å². The maximum Gasteiger partial charge on any atom is 0.410 e. The van der Waals surface area contributed by atoms with Crippen LogP contribution in [-0.2, 0) is 16.1 Å². The largest absolute Gasteiger partial charge is 0.444 e. The van der Waals surface area contributed by atoms with Crippen LogP contribution in [0.1, 0.15) is 52.5 Å². The number of amides is 2. The van der Waals surface area contributed by atoms with Crippen molar-refractivity contribution in [2.75, 3.05) is 13.1 Å². The summed E-state index contributed by atoms with van der Waals surface area (Å²) in [4.78, 5) is 33.1. The van der Waals surface area contributed by atoms with E-state index in [0.717, 1.165) is 18.4 Å². The van der Waals surface area contributed by atoms with Gasteiger partial charge in [0.15, 0.2) is 0 Å². The zero-order chi connectivity index (χ0) is 18.4. The molecule has 0 aromatic carbocycles. The molecular weight excluding hydrogens is 318 g/mol. The summed E-state index contributed by atoms with van der Waals surface area (Å²) in [6.45, 7) is 9.13. The SMILES string of the molecule is CCN(Cc1cccnc1)C(=O)[C@@H]1CCCCN1C(=O)OC(C)(C)C. The van der Waals surface area contributed by atoms with Crippen LogP contribution in [0.5, 0.6) is 0 Å². The Bertz CT molecular complexity index is 583. The average molecular weight is 347 g/mol. The molecule has 1 aromatic heterocycles. The number of likely N-dealkylation sites (N-methyl/N-ethyl adjacent to an activating group) is 1. The number of aromatic nitrogens is 1. The summed E-state index contributed by atoms with van der Waals surface area (Å²) in [6, 6.07) is 3.37. The molecule has 1 atom stereocenters. The standard InChI is InChI=1S/C19H29N3O3/c1-5-21(14-15-9-8-11-20-13-15)17(23)16-10-6-7-12-22(16)18(24)25-19(2,3)4/h8-9,11,13,16H,5-7,10,12,14H2,1-4H3/t16-/m0/s1.